The summed E-state index contributed by atoms with van der Waals surface area (Å²) >= 11 is 0. The maximum atomic E-state index is 12.2. The van der Waals surface area contributed by atoms with Crippen LogP contribution in [0.3, 0.4) is 0 Å². The fourth-order valence-electron chi connectivity index (χ4n) is 2.10. The Labute approximate surface area is 141 Å². The molecule has 5 heteroatoms. The first-order chi connectivity index (χ1) is 11.7. The Kier molecular flexibility index (Phi) is 5.98. The Balaban J connectivity index is 2.16. The predicted octanol–water partition coefficient (Wildman–Crippen LogP) is 2.93. The maximum Gasteiger partial charge on any atom is 0.262 e. The molecule has 2 rings (SSSR count). The van der Waals surface area contributed by atoms with Crippen molar-refractivity contribution in [2.24, 2.45) is 0 Å². The van der Waals surface area contributed by atoms with Gasteiger partial charge >= 0.3 is 0 Å². The van der Waals surface area contributed by atoms with Gasteiger partial charge in [-0.2, -0.15) is 5.26 Å². The van der Waals surface area contributed by atoms with Gasteiger partial charge in [-0.1, -0.05) is 30.3 Å². The van der Waals surface area contributed by atoms with E-state index in [0.29, 0.717) is 23.6 Å². The highest BCUT2D eigenvalue weighted by Gasteiger charge is 2.10. The molecule has 2 aromatic rings. The molecule has 0 aliphatic heterocycles. The van der Waals surface area contributed by atoms with Crippen LogP contribution in [0.2, 0.25) is 0 Å². The number of amides is 1. The molecule has 1 N–H and O–H groups in total. The summed E-state index contributed by atoms with van der Waals surface area (Å²) in [6.45, 7) is 0.361. The summed E-state index contributed by atoms with van der Waals surface area (Å²) in [5.74, 6) is 0.744. The van der Waals surface area contributed by atoms with Crippen molar-refractivity contribution >= 4 is 12.0 Å². The number of nitrogens with one attached hydrogen (secondary N) is 1. The van der Waals surface area contributed by atoms with Gasteiger partial charge in [0.25, 0.3) is 5.91 Å². The van der Waals surface area contributed by atoms with Crippen molar-refractivity contribution in [3.63, 3.8) is 0 Å². The van der Waals surface area contributed by atoms with Crippen LogP contribution < -0.4 is 14.8 Å². The highest BCUT2D eigenvalue weighted by Crippen LogP contribution is 2.24. The second-order valence-electron chi connectivity index (χ2n) is 4.98. The molecule has 0 unspecified atom stereocenters. The Bertz CT molecular complexity index is 755. The van der Waals surface area contributed by atoms with E-state index in [-0.39, 0.29) is 5.57 Å². The van der Waals surface area contributed by atoms with Gasteiger partial charge in [0.05, 0.1) is 14.2 Å². The summed E-state index contributed by atoms with van der Waals surface area (Å²) in [6, 6.07) is 16.6. The molecule has 2 aromatic carbocycles. The summed E-state index contributed by atoms with van der Waals surface area (Å²) in [6.07, 6.45) is 1.51. The van der Waals surface area contributed by atoms with Crippen LogP contribution in [0.15, 0.2) is 54.1 Å². The number of rotatable bonds is 6. The van der Waals surface area contributed by atoms with Crippen LogP contribution in [0.5, 0.6) is 11.5 Å². The zero-order valence-corrected chi connectivity index (χ0v) is 13.6. The first kappa shape index (κ1) is 17.1. The maximum absolute atomic E-state index is 12.2. The minimum atomic E-state index is -0.428. The Hall–Kier alpha value is -3.26. The number of nitrogens with zero attached hydrogens (tertiary/aromatic N) is 1. The number of hydrogen-bond donors (Lipinski definition) is 1. The number of nitriles is 1. The smallest absolute Gasteiger partial charge is 0.262 e. The average molecular weight is 322 g/mol. The summed E-state index contributed by atoms with van der Waals surface area (Å²) in [5.41, 5.74) is 1.63. The summed E-state index contributed by atoms with van der Waals surface area (Å²) in [5, 5.41) is 12.0. The molecule has 1 amide bonds. The van der Waals surface area contributed by atoms with Crippen LogP contribution >= 0.6 is 0 Å². The quantitative estimate of drug-likeness (QED) is 0.655. The van der Waals surface area contributed by atoms with E-state index in [9.17, 15) is 10.1 Å². The Morgan fingerprint density at radius 1 is 1.12 bits per heavy atom. The van der Waals surface area contributed by atoms with Crippen LogP contribution in [0.1, 0.15) is 11.1 Å². The fraction of sp³-hybridized carbons (Fsp3) is 0.158. The molecule has 0 aliphatic carbocycles. The van der Waals surface area contributed by atoms with E-state index in [2.05, 4.69) is 5.32 Å². The third-order valence-corrected chi connectivity index (χ3v) is 3.35. The molecule has 0 fully saturated rings. The molecule has 5 nitrogen and oxygen atoms in total. The van der Waals surface area contributed by atoms with Crippen molar-refractivity contribution in [1.82, 2.24) is 5.32 Å². The number of benzene rings is 2. The zero-order chi connectivity index (χ0) is 17.4. The largest absolute Gasteiger partial charge is 0.497 e. The second-order valence-corrected chi connectivity index (χ2v) is 4.98. The van der Waals surface area contributed by atoms with Crippen LogP contribution in [0, 0.1) is 11.3 Å². The fourth-order valence-corrected chi connectivity index (χ4v) is 2.10. The molecule has 0 aliphatic rings. The minimum Gasteiger partial charge on any atom is -0.497 e. The van der Waals surface area contributed by atoms with Crippen molar-refractivity contribution in [2.75, 3.05) is 14.2 Å². The summed E-state index contributed by atoms with van der Waals surface area (Å²) in [4.78, 5) is 12.2. The van der Waals surface area contributed by atoms with Gasteiger partial charge in [0, 0.05) is 12.6 Å². The van der Waals surface area contributed by atoms with Crippen molar-refractivity contribution in [3.8, 4) is 17.6 Å². The number of hydrogen-bond acceptors (Lipinski definition) is 4. The first-order valence-corrected chi connectivity index (χ1v) is 7.33. The topological polar surface area (TPSA) is 71.3 Å². The number of ether oxygens (including phenoxy) is 2. The Morgan fingerprint density at radius 3 is 2.29 bits per heavy atom. The predicted molar refractivity (Wildman–Crippen MR) is 91.4 cm³/mol. The van der Waals surface area contributed by atoms with Gasteiger partial charge in [0.15, 0.2) is 0 Å². The van der Waals surface area contributed by atoms with Gasteiger partial charge in [-0.3, -0.25) is 4.79 Å². The number of carbonyl (C=O) groups is 1. The SMILES string of the molecule is COc1cc(/C=C(\C#N)C(=O)NCc2ccccc2)cc(OC)c1. The molecule has 0 bridgehead atoms. The van der Waals surface area contributed by atoms with Gasteiger partial charge in [0.1, 0.15) is 23.1 Å². The molecule has 0 radical (unpaired) electrons. The highest BCUT2D eigenvalue weighted by atomic mass is 16.5. The Morgan fingerprint density at radius 2 is 1.75 bits per heavy atom. The summed E-state index contributed by atoms with van der Waals surface area (Å²) < 4.78 is 10.4. The van der Waals surface area contributed by atoms with E-state index in [1.54, 1.807) is 32.4 Å². The van der Waals surface area contributed by atoms with Gasteiger partial charge in [-0.05, 0) is 29.3 Å². The zero-order valence-electron chi connectivity index (χ0n) is 13.6. The standard InChI is InChI=1S/C19H18N2O3/c1-23-17-9-15(10-18(11-17)24-2)8-16(12-20)19(22)21-13-14-6-4-3-5-7-14/h3-11H,13H2,1-2H3,(H,21,22)/b16-8+. The van der Waals surface area contributed by atoms with E-state index in [1.807, 2.05) is 36.4 Å². The van der Waals surface area contributed by atoms with Crippen molar-refractivity contribution in [1.29, 1.82) is 5.26 Å². The van der Waals surface area contributed by atoms with Gasteiger partial charge in [-0.15, -0.1) is 0 Å². The third-order valence-electron chi connectivity index (χ3n) is 3.35. The molecule has 0 saturated carbocycles. The van der Waals surface area contributed by atoms with Crippen LogP contribution in [-0.2, 0) is 11.3 Å². The molecule has 0 aromatic heterocycles. The van der Waals surface area contributed by atoms with Gasteiger partial charge < -0.3 is 14.8 Å². The molecule has 0 spiro atoms. The first-order valence-electron chi connectivity index (χ1n) is 7.33. The number of carbonyl (C=O) groups excluding carboxylic acids is 1. The summed E-state index contributed by atoms with van der Waals surface area (Å²) in [7, 11) is 3.08. The highest BCUT2D eigenvalue weighted by molar-refractivity contribution is 6.01. The lowest BCUT2D eigenvalue weighted by Crippen LogP contribution is -2.23. The minimum absolute atomic E-state index is 0.0150. The lowest BCUT2D eigenvalue weighted by Gasteiger charge is -2.07. The van der Waals surface area contributed by atoms with Crippen molar-refractivity contribution in [3.05, 3.63) is 65.2 Å². The molecule has 0 saturated heterocycles. The van der Waals surface area contributed by atoms with Gasteiger partial charge in [-0.25, -0.2) is 0 Å². The molecule has 0 heterocycles. The molecule has 0 atom stereocenters. The van der Waals surface area contributed by atoms with E-state index in [0.717, 1.165) is 5.56 Å². The van der Waals surface area contributed by atoms with Crippen LogP contribution in [-0.4, -0.2) is 20.1 Å². The van der Waals surface area contributed by atoms with E-state index in [4.69, 9.17) is 9.47 Å². The number of methoxy groups -OCH3 is 2. The monoisotopic (exact) mass is 322 g/mol. The molecular weight excluding hydrogens is 304 g/mol. The van der Waals surface area contributed by atoms with Crippen LogP contribution in [0.25, 0.3) is 6.08 Å². The van der Waals surface area contributed by atoms with Crippen molar-refractivity contribution < 1.29 is 14.3 Å². The normalized spacial score (nSPS) is 10.6. The second kappa shape index (κ2) is 8.39. The molecule has 24 heavy (non-hydrogen) atoms. The van der Waals surface area contributed by atoms with E-state index in [1.165, 1.54) is 6.08 Å². The van der Waals surface area contributed by atoms with Crippen LogP contribution in [0.4, 0.5) is 0 Å². The average Bonchev–Trinajstić information content (AvgIpc) is 2.64. The van der Waals surface area contributed by atoms with E-state index >= 15 is 0 Å². The van der Waals surface area contributed by atoms with Gasteiger partial charge in [0.2, 0.25) is 0 Å². The lowest BCUT2D eigenvalue weighted by molar-refractivity contribution is -0.117. The third kappa shape index (κ3) is 4.62. The lowest BCUT2D eigenvalue weighted by atomic mass is 10.1. The molecule has 122 valence electrons. The van der Waals surface area contributed by atoms with Crippen molar-refractivity contribution in [2.45, 2.75) is 6.54 Å². The van der Waals surface area contributed by atoms with E-state index < -0.39 is 5.91 Å². The molecular formula is C19H18N2O3.